The van der Waals surface area contributed by atoms with Gasteiger partial charge < -0.3 is 9.47 Å². The Kier molecular flexibility index (Phi) is 8.12. The molecule has 3 aromatic rings. The molecule has 1 saturated heterocycles. The summed E-state index contributed by atoms with van der Waals surface area (Å²) in [5, 5.41) is 1.48. The van der Waals surface area contributed by atoms with Crippen molar-refractivity contribution < 1.29 is 19.1 Å². The molecule has 1 aliphatic rings. The molecule has 6 nitrogen and oxygen atoms in total. The Labute approximate surface area is 225 Å². The van der Waals surface area contributed by atoms with E-state index in [1.165, 1.54) is 6.07 Å². The number of hydrogen-bond donors (Lipinski definition) is 1. The lowest BCUT2D eigenvalue weighted by molar-refractivity contribution is -0.123. The topological polar surface area (TPSA) is 67.9 Å². The van der Waals surface area contributed by atoms with Crippen LogP contribution in [0, 0.1) is 0 Å². The first-order chi connectivity index (χ1) is 16.8. The summed E-state index contributed by atoms with van der Waals surface area (Å²) >= 11 is 15.8. The molecule has 0 aromatic heterocycles. The molecule has 0 unspecified atom stereocenters. The quantitative estimate of drug-likeness (QED) is 0.260. The molecule has 1 heterocycles. The minimum atomic E-state index is -0.487. The molecule has 10 heteroatoms. The molecule has 35 heavy (non-hydrogen) atoms. The highest BCUT2D eigenvalue weighted by molar-refractivity contribution is 9.10. The zero-order valence-corrected chi connectivity index (χ0v) is 22.3. The minimum Gasteiger partial charge on any atom is -0.493 e. The monoisotopic (exact) mass is 588 g/mol. The molecule has 2 amide bonds. The maximum Gasteiger partial charge on any atom is 0.285 e. The number of ether oxygens (including phenoxy) is 2. The maximum absolute atomic E-state index is 12.9. The van der Waals surface area contributed by atoms with Gasteiger partial charge in [0.2, 0.25) is 0 Å². The Morgan fingerprint density at radius 1 is 1.14 bits per heavy atom. The molecule has 4 rings (SSSR count). The van der Waals surface area contributed by atoms with E-state index in [0.29, 0.717) is 33.6 Å². The molecule has 1 fully saturated rings. The van der Waals surface area contributed by atoms with Crippen LogP contribution >= 0.6 is 51.5 Å². The summed E-state index contributed by atoms with van der Waals surface area (Å²) in [6, 6.07) is 19.6. The van der Waals surface area contributed by atoms with Crippen molar-refractivity contribution in [2.75, 3.05) is 7.11 Å². The van der Waals surface area contributed by atoms with Gasteiger partial charge in [-0.3, -0.25) is 15.0 Å². The third-order valence-corrected chi connectivity index (χ3v) is 6.95. The van der Waals surface area contributed by atoms with E-state index in [4.69, 9.17) is 33.3 Å². The molecule has 0 atom stereocenters. The molecule has 0 spiro atoms. The van der Waals surface area contributed by atoms with Crippen molar-refractivity contribution in [3.63, 3.8) is 0 Å². The Morgan fingerprint density at radius 3 is 2.63 bits per heavy atom. The van der Waals surface area contributed by atoms with Gasteiger partial charge in [-0.1, -0.05) is 63.6 Å². The van der Waals surface area contributed by atoms with E-state index in [2.05, 4.69) is 21.4 Å². The first-order valence-corrected chi connectivity index (χ1v) is 12.6. The molecule has 178 valence electrons. The third kappa shape index (κ3) is 6.24. The smallest absolute Gasteiger partial charge is 0.285 e. The Bertz CT molecular complexity index is 1330. The SMILES string of the molecule is COc1cc(/C=C2/SC(=S)N(NC(=O)c3cccc(Cl)c3)C2=O)ccc1OCc1ccc(Br)cc1. The summed E-state index contributed by atoms with van der Waals surface area (Å²) in [5.41, 5.74) is 4.60. The van der Waals surface area contributed by atoms with Crippen molar-refractivity contribution >= 4 is 73.7 Å². The Morgan fingerprint density at radius 2 is 1.91 bits per heavy atom. The van der Waals surface area contributed by atoms with E-state index in [1.807, 2.05) is 30.3 Å². The molecule has 1 N–H and O–H groups in total. The standard InChI is InChI=1S/C25H18BrClN2O4S2/c1-32-21-11-16(7-10-20(21)33-14-15-5-8-18(26)9-6-15)12-22-24(31)29(25(34)35-22)28-23(30)17-3-2-4-19(27)13-17/h2-13H,14H2,1H3,(H,28,30)/b22-12+. The largest absolute Gasteiger partial charge is 0.493 e. The van der Waals surface area contributed by atoms with Crippen molar-refractivity contribution in [3.05, 3.63) is 97.8 Å². The lowest BCUT2D eigenvalue weighted by Crippen LogP contribution is -2.44. The van der Waals surface area contributed by atoms with Crippen LogP contribution in [0.15, 0.2) is 76.1 Å². The van der Waals surface area contributed by atoms with Crippen molar-refractivity contribution in [1.82, 2.24) is 10.4 Å². The van der Waals surface area contributed by atoms with E-state index in [0.717, 1.165) is 32.4 Å². The van der Waals surface area contributed by atoms with E-state index in [1.54, 1.807) is 43.5 Å². The van der Waals surface area contributed by atoms with Gasteiger partial charge in [-0.2, -0.15) is 5.01 Å². The van der Waals surface area contributed by atoms with E-state index >= 15 is 0 Å². The van der Waals surface area contributed by atoms with Gasteiger partial charge in [-0.15, -0.1) is 0 Å². The highest BCUT2D eigenvalue weighted by Gasteiger charge is 2.33. The summed E-state index contributed by atoms with van der Waals surface area (Å²) in [4.78, 5) is 25.8. The predicted octanol–water partition coefficient (Wildman–Crippen LogP) is 6.24. The number of halogens is 2. The Balaban J connectivity index is 1.46. The van der Waals surface area contributed by atoms with Crippen LogP contribution in [0.25, 0.3) is 6.08 Å². The lowest BCUT2D eigenvalue weighted by Gasteiger charge is -2.15. The van der Waals surface area contributed by atoms with E-state index in [9.17, 15) is 9.59 Å². The van der Waals surface area contributed by atoms with Crippen molar-refractivity contribution in [3.8, 4) is 11.5 Å². The highest BCUT2D eigenvalue weighted by Crippen LogP contribution is 2.34. The number of hydrazine groups is 1. The van der Waals surface area contributed by atoms with Crippen molar-refractivity contribution in [1.29, 1.82) is 0 Å². The van der Waals surface area contributed by atoms with Crippen LogP contribution in [-0.4, -0.2) is 28.3 Å². The third-order valence-electron chi connectivity index (χ3n) is 4.89. The molecule has 0 radical (unpaired) electrons. The molecule has 0 bridgehead atoms. The van der Waals surface area contributed by atoms with Gasteiger partial charge in [0, 0.05) is 15.1 Å². The van der Waals surface area contributed by atoms with Crippen LogP contribution in [0.1, 0.15) is 21.5 Å². The number of nitrogens with one attached hydrogen (secondary N) is 1. The number of thiocarbonyl (C=S) groups is 1. The highest BCUT2D eigenvalue weighted by atomic mass is 79.9. The van der Waals surface area contributed by atoms with E-state index < -0.39 is 11.8 Å². The van der Waals surface area contributed by atoms with Crippen molar-refractivity contribution in [2.45, 2.75) is 6.61 Å². The fourth-order valence-electron chi connectivity index (χ4n) is 3.15. The number of thioether (sulfide) groups is 1. The first-order valence-electron chi connectivity index (χ1n) is 10.2. The fraction of sp³-hybridized carbons (Fsp3) is 0.0800. The van der Waals surface area contributed by atoms with Crippen LogP contribution in [0.5, 0.6) is 11.5 Å². The minimum absolute atomic E-state index is 0.220. The summed E-state index contributed by atoms with van der Waals surface area (Å²) in [7, 11) is 1.55. The van der Waals surface area contributed by atoms with Gasteiger partial charge in [-0.05, 0) is 71.9 Å². The predicted molar refractivity (Wildman–Crippen MR) is 145 cm³/mol. The summed E-state index contributed by atoms with van der Waals surface area (Å²) in [6.45, 7) is 0.383. The van der Waals surface area contributed by atoms with Crippen LogP contribution < -0.4 is 14.9 Å². The van der Waals surface area contributed by atoms with Gasteiger partial charge in [0.15, 0.2) is 15.8 Å². The number of carbonyl (C=O) groups excluding carboxylic acids is 2. The summed E-state index contributed by atoms with van der Waals surface area (Å²) in [6.07, 6.45) is 1.69. The lowest BCUT2D eigenvalue weighted by atomic mass is 10.2. The van der Waals surface area contributed by atoms with Crippen LogP contribution in [0.4, 0.5) is 0 Å². The van der Waals surface area contributed by atoms with Crippen LogP contribution in [0.2, 0.25) is 5.02 Å². The number of hydrogen-bond acceptors (Lipinski definition) is 6. The fourth-order valence-corrected chi connectivity index (χ4v) is 4.78. The molecular formula is C25H18BrClN2O4S2. The Hall–Kier alpha value is -2.85. The molecule has 3 aromatic carbocycles. The van der Waals surface area contributed by atoms with Gasteiger partial charge in [0.05, 0.1) is 12.0 Å². The first kappa shape index (κ1) is 25.2. The molecule has 0 saturated carbocycles. The second-order valence-corrected chi connectivity index (χ2v) is 10.3. The van der Waals surface area contributed by atoms with Gasteiger partial charge in [0.1, 0.15) is 6.61 Å². The van der Waals surface area contributed by atoms with Gasteiger partial charge in [0.25, 0.3) is 11.8 Å². The zero-order valence-electron chi connectivity index (χ0n) is 18.3. The van der Waals surface area contributed by atoms with Crippen LogP contribution in [-0.2, 0) is 11.4 Å². The van der Waals surface area contributed by atoms with Crippen molar-refractivity contribution in [2.24, 2.45) is 0 Å². The average molecular weight is 590 g/mol. The molecular weight excluding hydrogens is 572 g/mol. The maximum atomic E-state index is 12.9. The number of methoxy groups -OCH3 is 1. The van der Waals surface area contributed by atoms with Crippen LogP contribution in [0.3, 0.4) is 0 Å². The second-order valence-electron chi connectivity index (χ2n) is 7.29. The number of nitrogens with zero attached hydrogens (tertiary/aromatic N) is 1. The summed E-state index contributed by atoms with van der Waals surface area (Å²) in [5.74, 6) is 0.193. The number of rotatable bonds is 7. The molecule has 0 aliphatic carbocycles. The normalized spacial score (nSPS) is 14.4. The van der Waals surface area contributed by atoms with Gasteiger partial charge >= 0.3 is 0 Å². The molecule has 1 aliphatic heterocycles. The number of benzene rings is 3. The van der Waals surface area contributed by atoms with E-state index in [-0.39, 0.29) is 4.32 Å². The number of carbonyl (C=O) groups is 2. The summed E-state index contributed by atoms with van der Waals surface area (Å²) < 4.78 is 12.6. The number of amides is 2. The zero-order chi connectivity index (χ0) is 24.9. The van der Waals surface area contributed by atoms with Gasteiger partial charge in [-0.25, -0.2) is 0 Å². The second kappa shape index (κ2) is 11.3. The average Bonchev–Trinajstić information content (AvgIpc) is 3.11.